The number of anilines is 1. The Labute approximate surface area is 230 Å². The Balaban J connectivity index is 1.71. The Bertz CT molecular complexity index is 1330. The number of carbonyl (C=O) groups is 2. The van der Waals surface area contributed by atoms with Crippen molar-refractivity contribution in [3.63, 3.8) is 0 Å². The Morgan fingerprint density at radius 3 is 2.54 bits per heavy atom. The van der Waals surface area contributed by atoms with E-state index in [1.54, 1.807) is 12.5 Å². The molecule has 0 aliphatic heterocycles. The van der Waals surface area contributed by atoms with Gasteiger partial charge in [0, 0.05) is 34.3 Å². The van der Waals surface area contributed by atoms with E-state index in [1.165, 1.54) is 6.92 Å². The summed E-state index contributed by atoms with van der Waals surface area (Å²) in [7, 11) is 1.58. The van der Waals surface area contributed by atoms with Crippen molar-refractivity contribution in [2.75, 3.05) is 25.6 Å². The lowest BCUT2D eigenvalue weighted by Crippen LogP contribution is -2.13. The third-order valence-corrected chi connectivity index (χ3v) is 6.68. The summed E-state index contributed by atoms with van der Waals surface area (Å²) < 4.78 is 40.4. The number of benzene rings is 2. The molecule has 208 valence electrons. The van der Waals surface area contributed by atoms with E-state index < -0.39 is 29.1 Å². The highest BCUT2D eigenvalue weighted by molar-refractivity contribution is 7.14. The molecule has 3 rings (SSSR count). The molecule has 2 aromatic carbocycles. The number of aliphatic carboxylic acids is 1. The quantitative estimate of drug-likeness (QED) is 0.176. The van der Waals surface area contributed by atoms with Crippen LogP contribution in [0, 0.1) is 17.6 Å². The summed E-state index contributed by atoms with van der Waals surface area (Å²) >= 11 is 1.16. The first-order chi connectivity index (χ1) is 18.6. The SMILES string of the molecule is COc1c(CCOCCCC(C)C)cccc1-c1csc(NC(=O)c2cc(F)c(/C=C(\C)C(=O)O)c(F)c2)n1. The highest BCUT2D eigenvalue weighted by atomic mass is 32.1. The van der Waals surface area contributed by atoms with Crippen LogP contribution in [0.15, 0.2) is 41.3 Å². The molecule has 2 N–H and O–H groups in total. The lowest BCUT2D eigenvalue weighted by molar-refractivity contribution is -0.132. The number of carboxylic acid groups (broad SMARTS) is 1. The van der Waals surface area contributed by atoms with E-state index in [0.717, 1.165) is 53.5 Å². The van der Waals surface area contributed by atoms with E-state index in [1.807, 2.05) is 18.2 Å². The summed E-state index contributed by atoms with van der Waals surface area (Å²) in [6.07, 6.45) is 3.69. The summed E-state index contributed by atoms with van der Waals surface area (Å²) in [4.78, 5) is 28.1. The second-order valence-corrected chi connectivity index (χ2v) is 10.2. The maximum absolute atomic E-state index is 14.5. The van der Waals surface area contributed by atoms with E-state index in [-0.39, 0.29) is 16.3 Å². The fourth-order valence-corrected chi connectivity index (χ4v) is 4.56. The fourth-order valence-electron chi connectivity index (χ4n) is 3.86. The van der Waals surface area contributed by atoms with Crippen LogP contribution in [0.25, 0.3) is 17.3 Å². The number of carbonyl (C=O) groups excluding carboxylic acids is 1. The Morgan fingerprint density at radius 2 is 1.90 bits per heavy atom. The van der Waals surface area contributed by atoms with Crippen molar-refractivity contribution < 1.29 is 33.0 Å². The van der Waals surface area contributed by atoms with E-state index in [4.69, 9.17) is 14.6 Å². The maximum Gasteiger partial charge on any atom is 0.331 e. The third-order valence-electron chi connectivity index (χ3n) is 5.93. The molecule has 0 saturated carbocycles. The lowest BCUT2D eigenvalue weighted by Gasteiger charge is -2.13. The summed E-state index contributed by atoms with van der Waals surface area (Å²) in [6.45, 7) is 6.87. The van der Waals surface area contributed by atoms with Gasteiger partial charge < -0.3 is 14.6 Å². The van der Waals surface area contributed by atoms with Crippen LogP contribution < -0.4 is 10.1 Å². The van der Waals surface area contributed by atoms with Gasteiger partial charge in [-0.1, -0.05) is 26.0 Å². The molecule has 0 radical (unpaired) electrons. The Morgan fingerprint density at radius 1 is 1.18 bits per heavy atom. The van der Waals surface area contributed by atoms with Crippen LogP contribution >= 0.6 is 11.3 Å². The average molecular weight is 559 g/mol. The van der Waals surface area contributed by atoms with Gasteiger partial charge in [0.2, 0.25) is 0 Å². The van der Waals surface area contributed by atoms with Gasteiger partial charge in [0.05, 0.1) is 19.4 Å². The summed E-state index contributed by atoms with van der Waals surface area (Å²) in [5.74, 6) is -2.84. The number of aromatic nitrogens is 1. The molecule has 0 saturated heterocycles. The zero-order valence-electron chi connectivity index (χ0n) is 22.3. The standard InChI is InChI=1S/C29H32F2N2O5S/c1-17(2)7-6-11-38-12-10-19-8-5-9-21(26(19)37-4)25-16-39-29(32-25)33-27(34)20-14-23(30)22(24(31)15-20)13-18(3)28(35)36/h5,8-9,13-17H,6-7,10-12H2,1-4H3,(H,35,36)(H,32,33,34)/b18-13+. The molecule has 0 aliphatic carbocycles. The number of rotatable bonds is 13. The van der Waals surface area contributed by atoms with Crippen LogP contribution in [0.1, 0.15) is 55.1 Å². The van der Waals surface area contributed by atoms with Crippen LogP contribution in [0.2, 0.25) is 0 Å². The summed E-state index contributed by atoms with van der Waals surface area (Å²) in [5.41, 5.74) is 1.25. The minimum atomic E-state index is -1.30. The highest BCUT2D eigenvalue weighted by Crippen LogP contribution is 2.35. The molecular weight excluding hydrogens is 526 g/mol. The first kappa shape index (κ1) is 29.9. The number of nitrogens with zero attached hydrogens (tertiary/aromatic N) is 1. The van der Waals surface area contributed by atoms with Crippen molar-refractivity contribution in [3.8, 4) is 17.0 Å². The van der Waals surface area contributed by atoms with Crippen LogP contribution in [0.5, 0.6) is 5.75 Å². The average Bonchev–Trinajstić information content (AvgIpc) is 3.35. The number of para-hydroxylation sites is 1. The number of hydrogen-bond donors (Lipinski definition) is 2. The molecule has 0 aliphatic rings. The number of carboxylic acids is 1. The predicted octanol–water partition coefficient (Wildman–Crippen LogP) is 6.83. The largest absolute Gasteiger partial charge is 0.496 e. The van der Waals surface area contributed by atoms with Crippen molar-refractivity contribution in [1.82, 2.24) is 4.98 Å². The lowest BCUT2D eigenvalue weighted by atomic mass is 10.0. The molecule has 0 fully saturated rings. The molecular formula is C29H32F2N2O5S. The van der Waals surface area contributed by atoms with E-state index in [2.05, 4.69) is 24.1 Å². The van der Waals surface area contributed by atoms with Gasteiger partial charge in [-0.25, -0.2) is 18.6 Å². The van der Waals surface area contributed by atoms with Crippen LogP contribution in [-0.2, 0) is 16.0 Å². The van der Waals surface area contributed by atoms with Crippen LogP contribution in [0.3, 0.4) is 0 Å². The first-order valence-corrected chi connectivity index (χ1v) is 13.4. The minimum absolute atomic E-state index is 0.238. The monoisotopic (exact) mass is 558 g/mol. The fraction of sp³-hybridized carbons (Fsp3) is 0.345. The minimum Gasteiger partial charge on any atom is -0.496 e. The topological polar surface area (TPSA) is 97.8 Å². The van der Waals surface area contributed by atoms with Gasteiger partial charge in [-0.2, -0.15) is 0 Å². The normalized spacial score (nSPS) is 11.6. The van der Waals surface area contributed by atoms with Gasteiger partial charge in [-0.3, -0.25) is 10.1 Å². The first-order valence-electron chi connectivity index (χ1n) is 12.5. The summed E-state index contributed by atoms with van der Waals surface area (Å²) in [6, 6.07) is 7.44. The Kier molecular flexibility index (Phi) is 10.7. The maximum atomic E-state index is 14.5. The van der Waals surface area contributed by atoms with Gasteiger partial charge in [0.1, 0.15) is 17.4 Å². The number of nitrogens with one attached hydrogen (secondary N) is 1. The predicted molar refractivity (Wildman–Crippen MR) is 148 cm³/mol. The third kappa shape index (κ3) is 8.18. The second kappa shape index (κ2) is 14.0. The molecule has 1 amide bonds. The molecule has 39 heavy (non-hydrogen) atoms. The number of ether oxygens (including phenoxy) is 2. The number of thiazole rings is 1. The zero-order chi connectivity index (χ0) is 28.5. The smallest absolute Gasteiger partial charge is 0.331 e. The van der Waals surface area contributed by atoms with Gasteiger partial charge in [0.15, 0.2) is 5.13 Å². The zero-order valence-corrected chi connectivity index (χ0v) is 23.2. The molecule has 0 unspecified atom stereocenters. The number of amides is 1. The highest BCUT2D eigenvalue weighted by Gasteiger charge is 2.18. The van der Waals surface area contributed by atoms with Crippen LogP contribution in [-0.4, -0.2) is 42.3 Å². The van der Waals surface area contributed by atoms with Gasteiger partial charge in [-0.15, -0.1) is 11.3 Å². The molecule has 0 bridgehead atoms. The van der Waals surface area contributed by atoms with E-state index >= 15 is 0 Å². The number of methoxy groups -OCH3 is 1. The van der Waals surface area contributed by atoms with Crippen molar-refractivity contribution in [3.05, 3.63) is 69.6 Å². The molecule has 0 atom stereocenters. The van der Waals surface area contributed by atoms with Crippen molar-refractivity contribution in [1.29, 1.82) is 0 Å². The van der Waals surface area contributed by atoms with Gasteiger partial charge in [-0.05, 0) is 61.9 Å². The molecule has 10 heteroatoms. The Hall–Kier alpha value is -3.63. The molecule has 1 heterocycles. The van der Waals surface area contributed by atoms with Crippen molar-refractivity contribution in [2.24, 2.45) is 5.92 Å². The second-order valence-electron chi connectivity index (χ2n) is 9.37. The van der Waals surface area contributed by atoms with Gasteiger partial charge in [0.25, 0.3) is 5.91 Å². The molecule has 1 aromatic heterocycles. The van der Waals surface area contributed by atoms with Gasteiger partial charge >= 0.3 is 5.97 Å². The molecule has 7 nitrogen and oxygen atoms in total. The molecule has 3 aromatic rings. The van der Waals surface area contributed by atoms with Crippen LogP contribution in [0.4, 0.5) is 13.9 Å². The number of hydrogen-bond acceptors (Lipinski definition) is 6. The molecule has 0 spiro atoms. The van der Waals surface area contributed by atoms with Crippen molar-refractivity contribution in [2.45, 2.75) is 40.0 Å². The van der Waals surface area contributed by atoms with E-state index in [0.29, 0.717) is 37.0 Å². The number of halogens is 2. The van der Waals surface area contributed by atoms with E-state index in [9.17, 15) is 18.4 Å². The summed E-state index contributed by atoms with van der Waals surface area (Å²) in [5, 5.41) is 13.5. The van der Waals surface area contributed by atoms with Crippen molar-refractivity contribution >= 4 is 34.4 Å².